The summed E-state index contributed by atoms with van der Waals surface area (Å²) < 4.78 is 7.08. The number of allylic oxidation sites excluding steroid dienone is 1. The smallest absolute Gasteiger partial charge is 0.185 e. The van der Waals surface area contributed by atoms with E-state index < -0.39 is 0 Å². The van der Waals surface area contributed by atoms with Crippen molar-refractivity contribution in [3.63, 3.8) is 0 Å². The zero-order valence-corrected chi connectivity index (χ0v) is 12.6. The second-order valence-electron chi connectivity index (χ2n) is 5.22. The standard InChI is InChI=1S/C17H19N3O2/c1-19-15(8-9-18-19)6-7-17(21)14-2-4-16(5-3-14)20-10-12-22-13-11-20/h2-9H,10-13H2,1H3/b7-6+. The van der Waals surface area contributed by atoms with Gasteiger partial charge in [-0.2, -0.15) is 5.10 Å². The van der Waals surface area contributed by atoms with Gasteiger partial charge in [0.25, 0.3) is 0 Å². The van der Waals surface area contributed by atoms with Crippen molar-refractivity contribution in [1.29, 1.82) is 0 Å². The van der Waals surface area contributed by atoms with Crippen LogP contribution in [0, 0.1) is 0 Å². The molecule has 1 aromatic carbocycles. The number of nitrogens with zero attached hydrogens (tertiary/aromatic N) is 3. The third-order valence-corrected chi connectivity index (χ3v) is 3.79. The highest BCUT2D eigenvalue weighted by atomic mass is 16.5. The SMILES string of the molecule is Cn1nccc1/C=C/C(=O)c1ccc(N2CCOCC2)cc1. The number of aryl methyl sites for hydroxylation is 1. The number of anilines is 1. The van der Waals surface area contributed by atoms with Crippen LogP contribution in [0.1, 0.15) is 16.1 Å². The fourth-order valence-corrected chi connectivity index (χ4v) is 2.46. The topological polar surface area (TPSA) is 47.4 Å². The predicted molar refractivity (Wildman–Crippen MR) is 86.0 cm³/mol. The first-order valence-electron chi connectivity index (χ1n) is 7.37. The summed E-state index contributed by atoms with van der Waals surface area (Å²) in [7, 11) is 1.85. The van der Waals surface area contributed by atoms with Gasteiger partial charge in [0.15, 0.2) is 5.78 Å². The van der Waals surface area contributed by atoms with Gasteiger partial charge in [-0.05, 0) is 42.5 Å². The Hall–Kier alpha value is -2.40. The van der Waals surface area contributed by atoms with Crippen molar-refractivity contribution in [2.45, 2.75) is 0 Å². The molecule has 0 aliphatic carbocycles. The van der Waals surface area contributed by atoms with Gasteiger partial charge < -0.3 is 9.64 Å². The lowest BCUT2D eigenvalue weighted by Gasteiger charge is -2.28. The van der Waals surface area contributed by atoms with Gasteiger partial charge >= 0.3 is 0 Å². The molecule has 1 aromatic heterocycles. The van der Waals surface area contributed by atoms with Crippen LogP contribution >= 0.6 is 0 Å². The average Bonchev–Trinajstić information content (AvgIpc) is 2.99. The molecule has 5 heteroatoms. The van der Waals surface area contributed by atoms with Gasteiger partial charge in [0.05, 0.1) is 18.9 Å². The average molecular weight is 297 g/mol. The molecule has 1 aliphatic heterocycles. The maximum atomic E-state index is 12.2. The number of aromatic nitrogens is 2. The van der Waals surface area contributed by atoms with E-state index in [2.05, 4.69) is 10.00 Å². The van der Waals surface area contributed by atoms with Gasteiger partial charge in [0.1, 0.15) is 0 Å². The molecule has 0 spiro atoms. The number of hydrogen-bond donors (Lipinski definition) is 0. The van der Waals surface area contributed by atoms with Crippen LogP contribution in [0.3, 0.4) is 0 Å². The molecule has 2 heterocycles. The lowest BCUT2D eigenvalue weighted by atomic mass is 10.1. The number of rotatable bonds is 4. The van der Waals surface area contributed by atoms with E-state index >= 15 is 0 Å². The third kappa shape index (κ3) is 3.26. The van der Waals surface area contributed by atoms with Crippen LogP contribution in [0.5, 0.6) is 0 Å². The van der Waals surface area contributed by atoms with E-state index in [1.54, 1.807) is 23.0 Å². The molecule has 1 fully saturated rings. The van der Waals surface area contributed by atoms with Crippen LogP contribution < -0.4 is 4.90 Å². The minimum Gasteiger partial charge on any atom is -0.378 e. The number of carbonyl (C=O) groups is 1. The zero-order valence-electron chi connectivity index (χ0n) is 12.6. The highest BCUT2D eigenvalue weighted by Gasteiger charge is 2.11. The largest absolute Gasteiger partial charge is 0.378 e. The number of carbonyl (C=O) groups excluding carboxylic acids is 1. The Bertz CT molecular complexity index is 667. The first-order chi connectivity index (χ1) is 10.7. The van der Waals surface area contributed by atoms with E-state index in [1.807, 2.05) is 37.4 Å². The molecule has 22 heavy (non-hydrogen) atoms. The van der Waals surface area contributed by atoms with E-state index in [1.165, 1.54) is 0 Å². The second kappa shape index (κ2) is 6.58. The van der Waals surface area contributed by atoms with Crippen molar-refractivity contribution < 1.29 is 9.53 Å². The van der Waals surface area contributed by atoms with Crippen molar-refractivity contribution in [3.05, 3.63) is 53.9 Å². The molecule has 0 radical (unpaired) electrons. The molecular weight excluding hydrogens is 278 g/mol. The Kier molecular flexibility index (Phi) is 4.34. The minimum atomic E-state index is -0.00488. The Balaban J connectivity index is 1.68. The van der Waals surface area contributed by atoms with Gasteiger partial charge in [0, 0.05) is 37.6 Å². The maximum absolute atomic E-state index is 12.2. The summed E-state index contributed by atoms with van der Waals surface area (Å²) >= 11 is 0. The monoisotopic (exact) mass is 297 g/mol. The Labute approximate surface area is 129 Å². The summed E-state index contributed by atoms with van der Waals surface area (Å²) in [5, 5.41) is 4.07. The van der Waals surface area contributed by atoms with Crippen LogP contribution in [0.4, 0.5) is 5.69 Å². The number of benzene rings is 1. The van der Waals surface area contributed by atoms with Gasteiger partial charge in [-0.15, -0.1) is 0 Å². The van der Waals surface area contributed by atoms with Crippen LogP contribution in [0.2, 0.25) is 0 Å². The van der Waals surface area contributed by atoms with Gasteiger partial charge in [0.2, 0.25) is 0 Å². The Morgan fingerprint density at radius 2 is 1.91 bits per heavy atom. The summed E-state index contributed by atoms with van der Waals surface area (Å²) in [6.07, 6.45) is 5.08. The molecule has 0 unspecified atom stereocenters. The van der Waals surface area contributed by atoms with Crippen LogP contribution in [-0.2, 0) is 11.8 Å². The quantitative estimate of drug-likeness (QED) is 0.641. The molecule has 0 N–H and O–H groups in total. The predicted octanol–water partition coefficient (Wildman–Crippen LogP) is 2.15. The zero-order chi connectivity index (χ0) is 15.4. The molecule has 5 nitrogen and oxygen atoms in total. The summed E-state index contributed by atoms with van der Waals surface area (Å²) in [6, 6.07) is 9.61. The Morgan fingerprint density at radius 3 is 2.55 bits per heavy atom. The van der Waals surface area contributed by atoms with E-state index in [4.69, 9.17) is 4.74 Å². The fraction of sp³-hybridized carbons (Fsp3) is 0.294. The summed E-state index contributed by atoms with van der Waals surface area (Å²) in [4.78, 5) is 14.5. The molecular formula is C17H19N3O2. The number of ether oxygens (including phenoxy) is 1. The molecule has 0 saturated carbocycles. The summed E-state index contributed by atoms with van der Waals surface area (Å²) in [5.41, 5.74) is 2.73. The Morgan fingerprint density at radius 1 is 1.18 bits per heavy atom. The molecule has 0 atom stereocenters. The highest BCUT2D eigenvalue weighted by molar-refractivity contribution is 6.06. The lowest BCUT2D eigenvalue weighted by molar-refractivity contribution is 0.104. The normalized spacial score (nSPS) is 15.4. The highest BCUT2D eigenvalue weighted by Crippen LogP contribution is 2.17. The first kappa shape index (κ1) is 14.5. The maximum Gasteiger partial charge on any atom is 0.185 e. The number of hydrogen-bond acceptors (Lipinski definition) is 4. The van der Waals surface area contributed by atoms with Crippen molar-refractivity contribution in [3.8, 4) is 0 Å². The van der Waals surface area contributed by atoms with Crippen LogP contribution in [-0.4, -0.2) is 41.9 Å². The summed E-state index contributed by atoms with van der Waals surface area (Å²) in [6.45, 7) is 3.31. The molecule has 0 amide bonds. The third-order valence-electron chi connectivity index (χ3n) is 3.79. The number of morpholine rings is 1. The van der Waals surface area contributed by atoms with Gasteiger partial charge in [-0.3, -0.25) is 9.48 Å². The van der Waals surface area contributed by atoms with E-state index in [-0.39, 0.29) is 5.78 Å². The van der Waals surface area contributed by atoms with Crippen molar-refractivity contribution in [1.82, 2.24) is 9.78 Å². The molecule has 3 rings (SSSR count). The minimum absolute atomic E-state index is 0.00488. The van der Waals surface area contributed by atoms with Crippen LogP contribution in [0.15, 0.2) is 42.6 Å². The van der Waals surface area contributed by atoms with Crippen molar-refractivity contribution in [2.24, 2.45) is 7.05 Å². The van der Waals surface area contributed by atoms with E-state index in [9.17, 15) is 4.79 Å². The lowest BCUT2D eigenvalue weighted by Crippen LogP contribution is -2.36. The van der Waals surface area contributed by atoms with E-state index in [0.717, 1.165) is 37.7 Å². The van der Waals surface area contributed by atoms with E-state index in [0.29, 0.717) is 5.56 Å². The number of ketones is 1. The van der Waals surface area contributed by atoms with Gasteiger partial charge in [-0.25, -0.2) is 0 Å². The second-order valence-corrected chi connectivity index (χ2v) is 5.22. The first-order valence-corrected chi connectivity index (χ1v) is 7.37. The van der Waals surface area contributed by atoms with Crippen molar-refractivity contribution >= 4 is 17.5 Å². The molecule has 2 aromatic rings. The molecule has 1 aliphatic rings. The summed E-state index contributed by atoms with van der Waals surface area (Å²) in [5.74, 6) is -0.00488. The van der Waals surface area contributed by atoms with Crippen LogP contribution in [0.25, 0.3) is 6.08 Å². The fourth-order valence-electron chi connectivity index (χ4n) is 2.46. The molecule has 114 valence electrons. The van der Waals surface area contributed by atoms with Crippen molar-refractivity contribution in [2.75, 3.05) is 31.2 Å². The molecule has 0 bridgehead atoms. The molecule has 1 saturated heterocycles. The van der Waals surface area contributed by atoms with Gasteiger partial charge in [-0.1, -0.05) is 0 Å².